The van der Waals surface area contributed by atoms with Gasteiger partial charge in [-0.25, -0.2) is 0 Å². The number of ether oxygens (including phenoxy) is 1. The molecule has 1 fully saturated rings. The third kappa shape index (κ3) is 5.94. The van der Waals surface area contributed by atoms with Crippen molar-refractivity contribution in [3.05, 3.63) is 84.0 Å². The highest BCUT2D eigenvalue weighted by molar-refractivity contribution is 5.64. The van der Waals surface area contributed by atoms with Crippen molar-refractivity contribution in [3.63, 3.8) is 0 Å². The predicted octanol–water partition coefficient (Wildman–Crippen LogP) is 7.69. The molecule has 2 aromatic rings. The number of hydrogen-bond acceptors (Lipinski definition) is 1. The SMILES string of the molecule is CC=CCCOCc1ccc(-c2ccc(C3CCC(C=CC)CC3)cc2)cc1. The second-order valence-electron chi connectivity index (χ2n) is 7.87. The fourth-order valence-corrected chi connectivity index (χ4v) is 4.17. The van der Waals surface area contributed by atoms with E-state index in [-0.39, 0.29) is 0 Å². The molecule has 1 aliphatic carbocycles. The van der Waals surface area contributed by atoms with Crippen LogP contribution in [0.5, 0.6) is 0 Å². The highest BCUT2D eigenvalue weighted by atomic mass is 16.5. The van der Waals surface area contributed by atoms with Gasteiger partial charge in [-0.15, -0.1) is 0 Å². The van der Waals surface area contributed by atoms with Crippen LogP contribution < -0.4 is 0 Å². The van der Waals surface area contributed by atoms with Crippen LogP contribution in [-0.2, 0) is 11.3 Å². The summed E-state index contributed by atoms with van der Waals surface area (Å²) in [6, 6.07) is 18.0. The molecular formula is C27H34O. The minimum Gasteiger partial charge on any atom is -0.376 e. The Hall–Kier alpha value is -2.12. The molecule has 148 valence electrons. The number of hydrogen-bond donors (Lipinski definition) is 0. The maximum absolute atomic E-state index is 5.72. The van der Waals surface area contributed by atoms with Gasteiger partial charge in [0.05, 0.1) is 13.2 Å². The van der Waals surface area contributed by atoms with E-state index in [1.807, 2.05) is 6.92 Å². The first-order chi connectivity index (χ1) is 13.8. The Labute approximate surface area is 171 Å². The van der Waals surface area contributed by atoms with E-state index in [2.05, 4.69) is 79.8 Å². The van der Waals surface area contributed by atoms with Crippen molar-refractivity contribution < 1.29 is 4.74 Å². The molecule has 1 saturated carbocycles. The molecule has 0 saturated heterocycles. The molecule has 1 aliphatic rings. The summed E-state index contributed by atoms with van der Waals surface area (Å²) in [7, 11) is 0. The average Bonchev–Trinajstić information content (AvgIpc) is 2.75. The van der Waals surface area contributed by atoms with Crippen LogP contribution in [0.4, 0.5) is 0 Å². The van der Waals surface area contributed by atoms with Gasteiger partial charge in [-0.1, -0.05) is 72.8 Å². The first kappa shape index (κ1) is 20.6. The standard InChI is InChI=1S/C27H34O/c1-3-5-6-20-28-21-23-10-14-25(15-11-23)27-18-16-26(17-19-27)24-12-8-22(7-4-2)9-13-24/h3-5,7,10-11,14-19,22,24H,6,8-9,12-13,20-21H2,1-2H3. The van der Waals surface area contributed by atoms with Crippen LogP contribution >= 0.6 is 0 Å². The molecule has 0 atom stereocenters. The summed E-state index contributed by atoms with van der Waals surface area (Å²) in [5.74, 6) is 1.53. The lowest BCUT2D eigenvalue weighted by atomic mass is 9.78. The van der Waals surface area contributed by atoms with E-state index in [0.717, 1.165) is 24.9 Å². The van der Waals surface area contributed by atoms with Gasteiger partial charge in [0.2, 0.25) is 0 Å². The second kappa shape index (κ2) is 11.0. The van der Waals surface area contributed by atoms with Crippen molar-refractivity contribution in [3.8, 4) is 11.1 Å². The summed E-state index contributed by atoms with van der Waals surface area (Å²) in [5.41, 5.74) is 5.32. The van der Waals surface area contributed by atoms with Gasteiger partial charge in [0.15, 0.2) is 0 Å². The van der Waals surface area contributed by atoms with Gasteiger partial charge >= 0.3 is 0 Å². The lowest BCUT2D eigenvalue weighted by Crippen LogP contribution is -2.11. The van der Waals surface area contributed by atoms with Gasteiger partial charge in [0.25, 0.3) is 0 Å². The lowest BCUT2D eigenvalue weighted by molar-refractivity contribution is 0.125. The Balaban J connectivity index is 1.53. The summed E-state index contributed by atoms with van der Waals surface area (Å²) < 4.78 is 5.72. The highest BCUT2D eigenvalue weighted by Crippen LogP contribution is 2.36. The Morgan fingerprint density at radius 2 is 1.46 bits per heavy atom. The Morgan fingerprint density at radius 3 is 2.07 bits per heavy atom. The van der Waals surface area contributed by atoms with Gasteiger partial charge in [-0.3, -0.25) is 0 Å². The second-order valence-corrected chi connectivity index (χ2v) is 7.87. The smallest absolute Gasteiger partial charge is 0.0717 e. The van der Waals surface area contributed by atoms with Gasteiger partial charge < -0.3 is 4.74 Å². The van der Waals surface area contributed by atoms with Crippen molar-refractivity contribution in [1.82, 2.24) is 0 Å². The first-order valence-corrected chi connectivity index (χ1v) is 10.8. The highest BCUT2D eigenvalue weighted by Gasteiger charge is 2.20. The lowest BCUT2D eigenvalue weighted by Gasteiger charge is -2.27. The molecular weight excluding hydrogens is 340 g/mol. The molecule has 0 radical (unpaired) electrons. The monoisotopic (exact) mass is 374 g/mol. The van der Waals surface area contributed by atoms with E-state index in [0.29, 0.717) is 6.61 Å². The van der Waals surface area contributed by atoms with Crippen LogP contribution in [0.3, 0.4) is 0 Å². The molecule has 3 rings (SSSR count). The molecule has 2 aromatic carbocycles. The van der Waals surface area contributed by atoms with Gasteiger partial charge in [0, 0.05) is 0 Å². The normalized spacial score (nSPS) is 20.2. The molecule has 0 amide bonds. The van der Waals surface area contributed by atoms with Crippen LogP contribution in [-0.4, -0.2) is 6.61 Å². The molecule has 0 aliphatic heterocycles. The molecule has 0 unspecified atom stereocenters. The van der Waals surface area contributed by atoms with Crippen LogP contribution in [0.25, 0.3) is 11.1 Å². The van der Waals surface area contributed by atoms with Crippen molar-refractivity contribution in [1.29, 1.82) is 0 Å². The third-order valence-corrected chi connectivity index (χ3v) is 5.84. The Bertz CT molecular complexity index is 744. The topological polar surface area (TPSA) is 9.23 Å². The van der Waals surface area contributed by atoms with E-state index in [9.17, 15) is 0 Å². The fourth-order valence-electron chi connectivity index (χ4n) is 4.17. The van der Waals surface area contributed by atoms with E-state index in [1.165, 1.54) is 47.9 Å². The van der Waals surface area contributed by atoms with Gasteiger partial charge in [-0.2, -0.15) is 0 Å². The summed E-state index contributed by atoms with van der Waals surface area (Å²) in [4.78, 5) is 0. The molecule has 0 spiro atoms. The molecule has 28 heavy (non-hydrogen) atoms. The van der Waals surface area contributed by atoms with Crippen LogP contribution in [0.1, 0.15) is 63.0 Å². The Kier molecular flexibility index (Phi) is 8.11. The molecule has 0 aromatic heterocycles. The average molecular weight is 375 g/mol. The Morgan fingerprint density at radius 1 is 0.821 bits per heavy atom. The van der Waals surface area contributed by atoms with E-state index in [1.54, 1.807) is 0 Å². The molecule has 1 nitrogen and oxygen atoms in total. The molecule has 0 N–H and O–H groups in total. The summed E-state index contributed by atoms with van der Waals surface area (Å²) in [6.45, 7) is 5.65. The van der Waals surface area contributed by atoms with Gasteiger partial charge in [-0.05, 0) is 80.0 Å². The maximum Gasteiger partial charge on any atom is 0.0717 e. The zero-order valence-corrected chi connectivity index (χ0v) is 17.4. The number of allylic oxidation sites excluding steroid dienone is 3. The van der Waals surface area contributed by atoms with Crippen molar-refractivity contribution in [2.45, 2.75) is 58.5 Å². The van der Waals surface area contributed by atoms with Crippen molar-refractivity contribution >= 4 is 0 Å². The minimum atomic E-state index is 0.687. The van der Waals surface area contributed by atoms with E-state index < -0.39 is 0 Å². The first-order valence-electron chi connectivity index (χ1n) is 10.8. The van der Waals surface area contributed by atoms with E-state index >= 15 is 0 Å². The summed E-state index contributed by atoms with van der Waals surface area (Å²) in [5, 5.41) is 0. The van der Waals surface area contributed by atoms with Gasteiger partial charge in [0.1, 0.15) is 0 Å². The van der Waals surface area contributed by atoms with Crippen molar-refractivity contribution in [2.75, 3.05) is 6.61 Å². The number of benzene rings is 2. The van der Waals surface area contributed by atoms with Crippen LogP contribution in [0.2, 0.25) is 0 Å². The van der Waals surface area contributed by atoms with E-state index in [4.69, 9.17) is 4.74 Å². The minimum absolute atomic E-state index is 0.687. The largest absolute Gasteiger partial charge is 0.376 e. The molecule has 1 heteroatoms. The fraction of sp³-hybridized carbons (Fsp3) is 0.407. The van der Waals surface area contributed by atoms with Crippen LogP contribution in [0, 0.1) is 5.92 Å². The molecule has 0 heterocycles. The zero-order valence-electron chi connectivity index (χ0n) is 17.4. The third-order valence-electron chi connectivity index (χ3n) is 5.84. The maximum atomic E-state index is 5.72. The van der Waals surface area contributed by atoms with Crippen LogP contribution in [0.15, 0.2) is 72.8 Å². The quantitative estimate of drug-likeness (QED) is 0.340. The predicted molar refractivity (Wildman–Crippen MR) is 120 cm³/mol. The summed E-state index contributed by atoms with van der Waals surface area (Å²) in [6.07, 6.45) is 15.1. The zero-order chi connectivity index (χ0) is 19.6. The summed E-state index contributed by atoms with van der Waals surface area (Å²) >= 11 is 0. The number of rotatable bonds is 8. The molecule has 0 bridgehead atoms. The van der Waals surface area contributed by atoms with Crippen molar-refractivity contribution in [2.24, 2.45) is 5.92 Å².